The number of unbranched alkanes of at least 4 members (excludes halogenated alkanes) is 1. The summed E-state index contributed by atoms with van der Waals surface area (Å²) < 4.78 is 7.36. The number of ether oxygens (including phenoxy) is 1. The quantitative estimate of drug-likeness (QED) is 0.702. The number of carbonyl (C=O) groups excluding carboxylic acids is 2. The SMILES string of the molecule is CCCCOc1c2n(cc(C(=O)NC)c1=O)CCN(Cc1cccc(Cl)c1)C2=O. The standard InChI is InChI=1S/C21H24ClN3O4/c1-3-4-10-29-19-17-21(28)25(12-14-6-5-7-15(22)11-14)9-8-24(17)13-16(18(19)26)20(27)23-2/h5-7,11,13H,3-4,8-10,12H2,1-2H3,(H,23,27). The first-order valence-corrected chi connectivity index (χ1v) is 10.00. The molecule has 2 amide bonds. The maximum absolute atomic E-state index is 13.2. The van der Waals surface area contributed by atoms with E-state index in [1.165, 1.54) is 13.2 Å². The van der Waals surface area contributed by atoms with E-state index in [1.54, 1.807) is 15.5 Å². The summed E-state index contributed by atoms with van der Waals surface area (Å²) in [6, 6.07) is 7.31. The van der Waals surface area contributed by atoms with Crippen molar-refractivity contribution in [1.82, 2.24) is 14.8 Å². The van der Waals surface area contributed by atoms with Gasteiger partial charge in [-0.2, -0.15) is 0 Å². The van der Waals surface area contributed by atoms with Crippen LogP contribution in [0.5, 0.6) is 5.75 Å². The highest BCUT2D eigenvalue weighted by Crippen LogP contribution is 2.24. The van der Waals surface area contributed by atoms with Gasteiger partial charge in [0.2, 0.25) is 5.43 Å². The van der Waals surface area contributed by atoms with Crippen LogP contribution in [0.25, 0.3) is 0 Å². The fourth-order valence-electron chi connectivity index (χ4n) is 3.27. The van der Waals surface area contributed by atoms with Crippen LogP contribution >= 0.6 is 11.6 Å². The second-order valence-corrected chi connectivity index (χ2v) is 7.32. The molecule has 0 unspecified atom stereocenters. The monoisotopic (exact) mass is 417 g/mol. The zero-order chi connectivity index (χ0) is 21.0. The van der Waals surface area contributed by atoms with Crippen LogP contribution in [0.3, 0.4) is 0 Å². The average molecular weight is 418 g/mol. The number of fused-ring (bicyclic) bond motifs is 1. The normalized spacial score (nSPS) is 13.2. The van der Waals surface area contributed by atoms with Gasteiger partial charge in [0.25, 0.3) is 11.8 Å². The summed E-state index contributed by atoms with van der Waals surface area (Å²) in [6.45, 7) is 3.58. The zero-order valence-electron chi connectivity index (χ0n) is 16.5. The second-order valence-electron chi connectivity index (χ2n) is 6.88. The predicted octanol–water partition coefficient (Wildman–Crippen LogP) is 2.70. The molecule has 0 atom stereocenters. The molecule has 2 aromatic rings. The Labute approximate surface area is 174 Å². The summed E-state index contributed by atoms with van der Waals surface area (Å²) >= 11 is 6.05. The molecular weight excluding hydrogens is 394 g/mol. The minimum absolute atomic E-state index is 0.0289. The smallest absolute Gasteiger partial charge is 0.274 e. The summed E-state index contributed by atoms with van der Waals surface area (Å²) in [5.74, 6) is -0.858. The van der Waals surface area contributed by atoms with E-state index in [0.717, 1.165) is 18.4 Å². The molecule has 0 saturated heterocycles. The van der Waals surface area contributed by atoms with E-state index in [2.05, 4.69) is 5.32 Å². The van der Waals surface area contributed by atoms with Crippen molar-refractivity contribution >= 4 is 23.4 Å². The third kappa shape index (κ3) is 4.45. The highest BCUT2D eigenvalue weighted by Gasteiger charge is 2.31. The number of benzene rings is 1. The minimum atomic E-state index is -0.565. The number of rotatable bonds is 7. The number of halogens is 1. The lowest BCUT2D eigenvalue weighted by molar-refractivity contribution is 0.0679. The molecule has 1 aliphatic heterocycles. The molecule has 0 saturated carbocycles. The van der Waals surface area contributed by atoms with Gasteiger partial charge in [0.1, 0.15) is 5.56 Å². The molecule has 1 aromatic carbocycles. The van der Waals surface area contributed by atoms with Gasteiger partial charge >= 0.3 is 0 Å². The van der Waals surface area contributed by atoms with Crippen molar-refractivity contribution in [3.63, 3.8) is 0 Å². The minimum Gasteiger partial charge on any atom is -0.487 e. The van der Waals surface area contributed by atoms with Gasteiger partial charge in [-0.05, 0) is 24.1 Å². The lowest BCUT2D eigenvalue weighted by Gasteiger charge is -2.31. The van der Waals surface area contributed by atoms with Crippen molar-refractivity contribution in [2.24, 2.45) is 0 Å². The van der Waals surface area contributed by atoms with Crippen LogP contribution in [-0.2, 0) is 13.1 Å². The number of nitrogens with one attached hydrogen (secondary N) is 1. The van der Waals surface area contributed by atoms with E-state index in [0.29, 0.717) is 31.3 Å². The Morgan fingerprint density at radius 2 is 2.07 bits per heavy atom. The molecule has 1 N–H and O–H groups in total. The molecule has 7 nitrogen and oxygen atoms in total. The number of amides is 2. The Hall–Kier alpha value is -2.80. The number of aromatic nitrogens is 1. The first kappa shape index (κ1) is 20.9. The van der Waals surface area contributed by atoms with E-state index >= 15 is 0 Å². The Morgan fingerprint density at radius 3 is 2.76 bits per heavy atom. The summed E-state index contributed by atoms with van der Waals surface area (Å²) in [5, 5.41) is 3.07. The lowest BCUT2D eigenvalue weighted by Crippen LogP contribution is -2.42. The fraction of sp³-hybridized carbons (Fsp3) is 0.381. The number of nitrogens with zero attached hydrogens (tertiary/aromatic N) is 2. The molecular formula is C21H24ClN3O4. The zero-order valence-corrected chi connectivity index (χ0v) is 17.3. The van der Waals surface area contributed by atoms with Gasteiger partial charge in [0.15, 0.2) is 11.4 Å². The maximum atomic E-state index is 13.2. The third-order valence-corrected chi connectivity index (χ3v) is 5.05. The average Bonchev–Trinajstić information content (AvgIpc) is 2.71. The fourth-order valence-corrected chi connectivity index (χ4v) is 3.48. The third-order valence-electron chi connectivity index (χ3n) is 4.82. The molecule has 2 heterocycles. The van der Waals surface area contributed by atoms with Gasteiger partial charge in [-0.15, -0.1) is 0 Å². The number of pyridine rings is 1. The lowest BCUT2D eigenvalue weighted by atomic mass is 10.1. The summed E-state index contributed by atoms with van der Waals surface area (Å²) in [4.78, 5) is 39.9. The molecule has 29 heavy (non-hydrogen) atoms. The van der Waals surface area contributed by atoms with Crippen LogP contribution in [-0.4, -0.2) is 41.5 Å². The number of carbonyl (C=O) groups is 2. The number of hydrogen-bond donors (Lipinski definition) is 1. The van der Waals surface area contributed by atoms with Crippen molar-refractivity contribution in [3.8, 4) is 5.75 Å². The van der Waals surface area contributed by atoms with E-state index in [1.807, 2.05) is 25.1 Å². The predicted molar refractivity (Wildman–Crippen MR) is 111 cm³/mol. The molecule has 0 bridgehead atoms. The Bertz CT molecular complexity index is 986. The molecule has 1 aliphatic rings. The van der Waals surface area contributed by atoms with Gasteiger partial charge in [0.05, 0.1) is 6.61 Å². The summed E-state index contributed by atoms with van der Waals surface area (Å²) in [5.41, 5.74) is 0.493. The van der Waals surface area contributed by atoms with Crippen LogP contribution in [0.2, 0.25) is 5.02 Å². The van der Waals surface area contributed by atoms with Crippen molar-refractivity contribution in [2.75, 3.05) is 20.2 Å². The van der Waals surface area contributed by atoms with Gasteiger partial charge in [-0.25, -0.2) is 0 Å². The molecule has 0 radical (unpaired) electrons. The summed E-state index contributed by atoms with van der Waals surface area (Å²) in [6.07, 6.45) is 3.06. The molecule has 8 heteroatoms. The molecule has 0 aliphatic carbocycles. The Morgan fingerprint density at radius 1 is 1.28 bits per heavy atom. The van der Waals surface area contributed by atoms with Crippen molar-refractivity contribution in [2.45, 2.75) is 32.9 Å². The molecule has 1 aromatic heterocycles. The molecule has 3 rings (SSSR count). The molecule has 154 valence electrons. The van der Waals surface area contributed by atoms with Crippen LogP contribution < -0.4 is 15.5 Å². The van der Waals surface area contributed by atoms with Gasteiger partial charge < -0.3 is 19.5 Å². The highest BCUT2D eigenvalue weighted by atomic mass is 35.5. The van der Waals surface area contributed by atoms with Crippen LogP contribution in [0, 0.1) is 0 Å². The van der Waals surface area contributed by atoms with Crippen LogP contribution in [0.15, 0.2) is 35.3 Å². The molecule has 0 fully saturated rings. The van der Waals surface area contributed by atoms with Gasteiger partial charge in [-0.1, -0.05) is 37.1 Å². The first-order chi connectivity index (χ1) is 14.0. The summed E-state index contributed by atoms with van der Waals surface area (Å²) in [7, 11) is 1.46. The van der Waals surface area contributed by atoms with Crippen LogP contribution in [0.1, 0.15) is 46.2 Å². The van der Waals surface area contributed by atoms with Crippen molar-refractivity contribution < 1.29 is 14.3 Å². The topological polar surface area (TPSA) is 80.6 Å². The Kier molecular flexibility index (Phi) is 6.59. The van der Waals surface area contributed by atoms with E-state index < -0.39 is 11.3 Å². The van der Waals surface area contributed by atoms with Crippen molar-refractivity contribution in [1.29, 1.82) is 0 Å². The van der Waals surface area contributed by atoms with Gasteiger partial charge in [0, 0.05) is 37.9 Å². The Balaban J connectivity index is 2.00. The second kappa shape index (κ2) is 9.13. The largest absolute Gasteiger partial charge is 0.487 e. The van der Waals surface area contributed by atoms with Crippen molar-refractivity contribution in [3.05, 3.63) is 62.5 Å². The highest BCUT2D eigenvalue weighted by molar-refractivity contribution is 6.30. The molecule has 0 spiro atoms. The first-order valence-electron chi connectivity index (χ1n) is 9.62. The van der Waals surface area contributed by atoms with Gasteiger partial charge in [-0.3, -0.25) is 14.4 Å². The maximum Gasteiger partial charge on any atom is 0.274 e. The van der Waals surface area contributed by atoms with Crippen LogP contribution in [0.4, 0.5) is 0 Å². The van der Waals surface area contributed by atoms with E-state index in [4.69, 9.17) is 16.3 Å². The van der Waals surface area contributed by atoms with E-state index in [-0.39, 0.29) is 22.9 Å². The number of hydrogen-bond acceptors (Lipinski definition) is 4. The van der Waals surface area contributed by atoms with E-state index in [9.17, 15) is 14.4 Å².